The Balaban J connectivity index is 1.94. The molecule has 7 nitrogen and oxygen atoms in total. The molecule has 1 aromatic carbocycles. The summed E-state index contributed by atoms with van der Waals surface area (Å²) >= 11 is 0. The lowest BCUT2D eigenvalue weighted by molar-refractivity contribution is 0.602. The van der Waals surface area contributed by atoms with Gasteiger partial charge in [-0.15, -0.1) is 5.10 Å². The van der Waals surface area contributed by atoms with Gasteiger partial charge in [-0.3, -0.25) is 4.40 Å². The van der Waals surface area contributed by atoms with E-state index in [2.05, 4.69) is 20.3 Å². The van der Waals surface area contributed by atoms with Gasteiger partial charge in [0.25, 0.3) is 0 Å². The van der Waals surface area contributed by atoms with Crippen molar-refractivity contribution in [2.45, 2.75) is 0 Å². The Kier molecular flexibility index (Phi) is 1.84. The fourth-order valence-electron chi connectivity index (χ4n) is 2.56. The largest absolute Gasteiger partial charge is 0.445 e. The maximum absolute atomic E-state index is 5.35. The molecule has 0 aliphatic rings. The van der Waals surface area contributed by atoms with Crippen LogP contribution >= 0.6 is 0 Å². The van der Waals surface area contributed by atoms with Crippen molar-refractivity contribution in [1.29, 1.82) is 0 Å². The van der Waals surface area contributed by atoms with Gasteiger partial charge in [-0.05, 0) is 12.1 Å². The van der Waals surface area contributed by atoms with Crippen LogP contribution in [-0.2, 0) is 0 Å². The molecule has 0 radical (unpaired) electrons. The molecule has 21 heavy (non-hydrogen) atoms. The predicted molar refractivity (Wildman–Crippen MR) is 75.2 cm³/mol. The number of benzene rings is 1. The molecule has 0 aliphatic heterocycles. The Labute approximate surface area is 117 Å². The van der Waals surface area contributed by atoms with Crippen LogP contribution in [0.15, 0.2) is 53.4 Å². The summed E-state index contributed by atoms with van der Waals surface area (Å²) in [6.07, 6.45) is 5.04. The van der Waals surface area contributed by atoms with Gasteiger partial charge in [0.2, 0.25) is 5.71 Å². The Hall–Kier alpha value is -3.22. The average molecular weight is 276 g/mol. The van der Waals surface area contributed by atoms with E-state index in [1.807, 2.05) is 34.7 Å². The van der Waals surface area contributed by atoms with Crippen molar-refractivity contribution < 1.29 is 4.42 Å². The van der Waals surface area contributed by atoms with Crippen LogP contribution in [0.5, 0.6) is 0 Å². The first-order chi connectivity index (χ1) is 10.4. The molecular weight excluding hydrogens is 268 g/mol. The second kappa shape index (κ2) is 3.66. The normalized spacial score (nSPS) is 11.8. The first-order valence-corrected chi connectivity index (χ1v) is 6.42. The van der Waals surface area contributed by atoms with Crippen LogP contribution in [0.2, 0.25) is 0 Å². The van der Waals surface area contributed by atoms with Crippen LogP contribution in [0, 0.1) is 0 Å². The van der Waals surface area contributed by atoms with E-state index in [1.54, 1.807) is 23.3 Å². The SMILES string of the molecule is c1ccc2c(c1)nnn2-c1cnc2cnc3occc3n12. The van der Waals surface area contributed by atoms with Crippen LogP contribution in [-0.4, -0.2) is 29.4 Å². The molecule has 0 amide bonds. The third-order valence-corrected chi connectivity index (χ3v) is 3.50. The van der Waals surface area contributed by atoms with Gasteiger partial charge in [0.1, 0.15) is 11.0 Å². The Morgan fingerprint density at radius 1 is 0.952 bits per heavy atom. The fraction of sp³-hybridized carbons (Fsp3) is 0. The minimum absolute atomic E-state index is 0.561. The molecule has 100 valence electrons. The minimum atomic E-state index is 0.561. The van der Waals surface area contributed by atoms with Crippen LogP contribution in [0.3, 0.4) is 0 Å². The molecule has 0 fully saturated rings. The van der Waals surface area contributed by atoms with Crippen LogP contribution in [0.25, 0.3) is 33.7 Å². The summed E-state index contributed by atoms with van der Waals surface area (Å²) in [6.45, 7) is 0. The van der Waals surface area contributed by atoms with Crippen molar-refractivity contribution in [2.24, 2.45) is 0 Å². The summed E-state index contributed by atoms with van der Waals surface area (Å²) in [7, 11) is 0. The summed E-state index contributed by atoms with van der Waals surface area (Å²) in [6, 6.07) is 9.66. The summed E-state index contributed by atoms with van der Waals surface area (Å²) in [4.78, 5) is 8.61. The molecule has 0 spiro atoms. The standard InChI is InChI=1S/C14H8N6O/c1-2-4-10-9(3-1)17-18-20(10)13-8-15-12-7-16-14-11(19(12)13)5-6-21-14/h1-8H. The maximum atomic E-state index is 5.35. The first-order valence-electron chi connectivity index (χ1n) is 6.42. The van der Waals surface area contributed by atoms with Gasteiger partial charge in [0, 0.05) is 6.07 Å². The molecule has 7 heteroatoms. The lowest BCUT2D eigenvalue weighted by Crippen LogP contribution is -2.01. The van der Waals surface area contributed by atoms with Gasteiger partial charge in [-0.25, -0.2) is 9.97 Å². The summed E-state index contributed by atoms with van der Waals surface area (Å²) in [5.41, 5.74) is 3.90. The number of fused-ring (bicyclic) bond motifs is 4. The van der Waals surface area contributed by atoms with Crippen molar-refractivity contribution in [3.05, 3.63) is 49.0 Å². The van der Waals surface area contributed by atoms with Gasteiger partial charge >= 0.3 is 0 Å². The molecule has 0 saturated carbocycles. The third-order valence-electron chi connectivity index (χ3n) is 3.50. The molecule has 0 bridgehead atoms. The Morgan fingerprint density at radius 2 is 1.90 bits per heavy atom. The number of furan rings is 1. The zero-order valence-corrected chi connectivity index (χ0v) is 10.7. The van der Waals surface area contributed by atoms with Crippen molar-refractivity contribution in [3.8, 4) is 5.82 Å². The van der Waals surface area contributed by atoms with E-state index in [9.17, 15) is 0 Å². The van der Waals surface area contributed by atoms with Gasteiger partial charge in [0.15, 0.2) is 11.5 Å². The van der Waals surface area contributed by atoms with E-state index in [0.717, 1.165) is 28.0 Å². The smallest absolute Gasteiger partial charge is 0.243 e. The van der Waals surface area contributed by atoms with Crippen LogP contribution < -0.4 is 0 Å². The number of hydrogen-bond acceptors (Lipinski definition) is 5. The molecule has 0 atom stereocenters. The molecule has 4 heterocycles. The van der Waals surface area contributed by atoms with Crippen molar-refractivity contribution in [1.82, 2.24) is 29.4 Å². The van der Waals surface area contributed by atoms with Crippen molar-refractivity contribution in [3.63, 3.8) is 0 Å². The monoisotopic (exact) mass is 276 g/mol. The highest BCUT2D eigenvalue weighted by Crippen LogP contribution is 2.21. The molecular formula is C14H8N6O. The van der Waals surface area contributed by atoms with E-state index in [1.165, 1.54) is 0 Å². The number of para-hydroxylation sites is 1. The summed E-state index contributed by atoms with van der Waals surface area (Å²) in [5, 5.41) is 8.42. The highest BCUT2D eigenvalue weighted by Gasteiger charge is 2.14. The zero-order valence-electron chi connectivity index (χ0n) is 10.7. The van der Waals surface area contributed by atoms with E-state index < -0.39 is 0 Å². The maximum Gasteiger partial charge on any atom is 0.243 e. The topological polar surface area (TPSA) is 74.0 Å². The fourth-order valence-corrected chi connectivity index (χ4v) is 2.56. The van der Waals surface area contributed by atoms with Gasteiger partial charge in [-0.2, -0.15) is 4.68 Å². The van der Waals surface area contributed by atoms with E-state index >= 15 is 0 Å². The first kappa shape index (κ1) is 10.6. The average Bonchev–Trinajstić information content (AvgIpc) is 3.23. The molecule has 5 rings (SSSR count). The highest BCUT2D eigenvalue weighted by molar-refractivity contribution is 5.78. The Bertz CT molecular complexity index is 1100. The van der Waals surface area contributed by atoms with E-state index in [0.29, 0.717) is 5.71 Å². The highest BCUT2D eigenvalue weighted by atomic mass is 16.3. The van der Waals surface area contributed by atoms with E-state index in [4.69, 9.17) is 4.42 Å². The second-order valence-corrected chi connectivity index (χ2v) is 4.67. The van der Waals surface area contributed by atoms with Crippen LogP contribution in [0.1, 0.15) is 0 Å². The number of imidazole rings is 1. The summed E-state index contributed by atoms with van der Waals surface area (Å²) in [5.74, 6) is 0.799. The molecule has 4 aromatic heterocycles. The van der Waals surface area contributed by atoms with E-state index in [-0.39, 0.29) is 0 Å². The number of hydrogen-bond donors (Lipinski definition) is 0. The quantitative estimate of drug-likeness (QED) is 0.469. The second-order valence-electron chi connectivity index (χ2n) is 4.67. The lowest BCUT2D eigenvalue weighted by atomic mass is 10.3. The number of nitrogens with zero attached hydrogens (tertiary/aromatic N) is 6. The molecule has 0 unspecified atom stereocenters. The molecule has 0 saturated heterocycles. The molecule has 0 aliphatic carbocycles. The number of aromatic nitrogens is 6. The van der Waals surface area contributed by atoms with Crippen LogP contribution in [0.4, 0.5) is 0 Å². The molecule has 0 N–H and O–H groups in total. The van der Waals surface area contributed by atoms with Crippen molar-refractivity contribution >= 4 is 27.9 Å². The zero-order chi connectivity index (χ0) is 13.8. The third kappa shape index (κ3) is 1.32. The van der Waals surface area contributed by atoms with Crippen molar-refractivity contribution in [2.75, 3.05) is 0 Å². The molecule has 5 aromatic rings. The minimum Gasteiger partial charge on any atom is -0.445 e. The predicted octanol–water partition coefficient (Wildman–Crippen LogP) is 2.21. The van der Waals surface area contributed by atoms with Gasteiger partial charge in [0.05, 0.1) is 24.2 Å². The Morgan fingerprint density at radius 3 is 2.90 bits per heavy atom. The number of rotatable bonds is 1. The summed E-state index contributed by atoms with van der Waals surface area (Å²) < 4.78 is 9.07. The van der Waals surface area contributed by atoms with Gasteiger partial charge < -0.3 is 4.42 Å². The van der Waals surface area contributed by atoms with Gasteiger partial charge in [-0.1, -0.05) is 17.3 Å². The lowest BCUT2D eigenvalue weighted by Gasteiger charge is -2.02.